The average molecular weight is 548 g/mol. The summed E-state index contributed by atoms with van der Waals surface area (Å²) in [5, 5.41) is 2.90. The molecule has 1 unspecified atom stereocenters. The maximum atomic E-state index is 13.8. The van der Waals surface area contributed by atoms with Gasteiger partial charge in [-0.1, -0.05) is 12.1 Å². The molecule has 10 nitrogen and oxygen atoms in total. The summed E-state index contributed by atoms with van der Waals surface area (Å²) < 4.78 is 43.8. The molecule has 2 aromatic rings. The summed E-state index contributed by atoms with van der Waals surface area (Å²) in [6, 6.07) is 11.0. The molecule has 1 N–H and O–H groups in total. The van der Waals surface area contributed by atoms with E-state index in [1.807, 2.05) is 26.8 Å². The number of fused-ring (bicyclic) bond motifs is 1. The Morgan fingerprint density at radius 1 is 1.08 bits per heavy atom. The molecule has 1 aliphatic rings. The van der Waals surface area contributed by atoms with Gasteiger partial charge in [-0.3, -0.25) is 13.9 Å². The van der Waals surface area contributed by atoms with E-state index < -0.39 is 34.1 Å². The van der Waals surface area contributed by atoms with Gasteiger partial charge in [0.2, 0.25) is 21.8 Å². The van der Waals surface area contributed by atoms with Crippen LogP contribution in [0.3, 0.4) is 0 Å². The molecule has 3 rings (SSSR count). The third-order valence-corrected chi connectivity index (χ3v) is 7.69. The highest BCUT2D eigenvalue weighted by Crippen LogP contribution is 2.35. The molecule has 2 aromatic carbocycles. The minimum absolute atomic E-state index is 0.0793. The maximum Gasteiger partial charge on any atom is 0.244 e. The predicted octanol–water partition coefficient (Wildman–Crippen LogP) is 2.95. The monoisotopic (exact) mass is 547 g/mol. The number of anilines is 1. The zero-order chi connectivity index (χ0) is 28.1. The molecule has 0 saturated carbocycles. The molecule has 0 fully saturated rings. The van der Waals surface area contributed by atoms with Gasteiger partial charge in [0.15, 0.2) is 11.5 Å². The van der Waals surface area contributed by atoms with E-state index in [9.17, 15) is 18.0 Å². The number of nitrogens with one attached hydrogen (secondary N) is 1. The molecular weight excluding hydrogens is 510 g/mol. The van der Waals surface area contributed by atoms with Crippen molar-refractivity contribution < 1.29 is 32.2 Å². The fourth-order valence-electron chi connectivity index (χ4n) is 3.93. The Morgan fingerprint density at radius 2 is 1.76 bits per heavy atom. The zero-order valence-electron chi connectivity index (χ0n) is 22.8. The lowest BCUT2D eigenvalue weighted by Crippen LogP contribution is -2.54. The van der Waals surface area contributed by atoms with Crippen LogP contribution in [-0.2, 0) is 26.2 Å². The van der Waals surface area contributed by atoms with E-state index in [0.717, 1.165) is 9.87 Å². The lowest BCUT2D eigenvalue weighted by molar-refractivity contribution is -0.140. The third-order valence-electron chi connectivity index (χ3n) is 5.95. The van der Waals surface area contributed by atoms with E-state index in [4.69, 9.17) is 14.2 Å². The fourth-order valence-corrected chi connectivity index (χ4v) is 4.98. The Balaban J connectivity index is 1.97. The number of ether oxygens (including phenoxy) is 3. The smallest absolute Gasteiger partial charge is 0.244 e. The summed E-state index contributed by atoms with van der Waals surface area (Å²) in [7, 11) is -2.31. The van der Waals surface area contributed by atoms with Crippen LogP contribution in [0, 0.1) is 0 Å². The van der Waals surface area contributed by atoms with Crippen LogP contribution in [0.15, 0.2) is 42.5 Å². The lowest BCUT2D eigenvalue weighted by Gasteiger charge is -2.33. The van der Waals surface area contributed by atoms with Gasteiger partial charge in [-0.2, -0.15) is 0 Å². The fraction of sp³-hybridized carbons (Fsp3) is 0.481. The highest BCUT2D eigenvalue weighted by Gasteiger charge is 2.32. The van der Waals surface area contributed by atoms with Gasteiger partial charge in [0.25, 0.3) is 0 Å². The van der Waals surface area contributed by atoms with Gasteiger partial charge >= 0.3 is 0 Å². The van der Waals surface area contributed by atoms with Crippen LogP contribution in [-0.4, -0.2) is 69.3 Å². The minimum Gasteiger partial charge on any atom is -0.497 e. The Hall–Kier alpha value is -3.47. The van der Waals surface area contributed by atoms with Crippen molar-refractivity contribution in [3.8, 4) is 17.2 Å². The summed E-state index contributed by atoms with van der Waals surface area (Å²) in [5.41, 5.74) is 0.494. The van der Waals surface area contributed by atoms with Crippen LogP contribution in [0.1, 0.15) is 40.2 Å². The number of benzene rings is 2. The molecular formula is C27H37N3O7S. The molecule has 11 heteroatoms. The van der Waals surface area contributed by atoms with Gasteiger partial charge in [-0.05, 0) is 64.4 Å². The van der Waals surface area contributed by atoms with E-state index in [1.54, 1.807) is 50.4 Å². The number of amides is 2. The Bertz CT molecular complexity index is 1260. The Morgan fingerprint density at radius 3 is 2.39 bits per heavy atom. The van der Waals surface area contributed by atoms with Gasteiger partial charge in [0, 0.05) is 18.2 Å². The van der Waals surface area contributed by atoms with Crippen molar-refractivity contribution in [3.05, 3.63) is 48.0 Å². The summed E-state index contributed by atoms with van der Waals surface area (Å²) in [6.45, 7) is 9.01. The lowest BCUT2D eigenvalue weighted by atomic mass is 10.1. The first-order valence-corrected chi connectivity index (χ1v) is 14.1. The zero-order valence-corrected chi connectivity index (χ0v) is 23.6. The topological polar surface area (TPSA) is 114 Å². The first-order valence-electron chi connectivity index (χ1n) is 12.5. The number of hydrogen-bond donors (Lipinski definition) is 1. The van der Waals surface area contributed by atoms with Crippen LogP contribution >= 0.6 is 0 Å². The number of carbonyl (C=O) groups excluding carboxylic acids is 2. The van der Waals surface area contributed by atoms with Gasteiger partial charge in [0.1, 0.15) is 31.5 Å². The number of methoxy groups -OCH3 is 1. The molecule has 1 atom stereocenters. The second kappa shape index (κ2) is 11.9. The van der Waals surface area contributed by atoms with E-state index in [2.05, 4.69) is 5.32 Å². The van der Waals surface area contributed by atoms with Crippen molar-refractivity contribution in [2.45, 2.75) is 52.7 Å². The summed E-state index contributed by atoms with van der Waals surface area (Å²) in [6.07, 6.45) is 0. The first kappa shape index (κ1) is 29.1. The number of carbonyl (C=O) groups is 2. The Labute approximate surface area is 224 Å². The van der Waals surface area contributed by atoms with E-state index in [1.165, 1.54) is 11.8 Å². The molecule has 0 saturated heterocycles. The minimum atomic E-state index is -3.86. The van der Waals surface area contributed by atoms with Crippen LogP contribution in [0.25, 0.3) is 0 Å². The molecule has 38 heavy (non-hydrogen) atoms. The molecule has 0 radical (unpaired) electrons. The second-order valence-electron chi connectivity index (χ2n) is 10.0. The van der Waals surface area contributed by atoms with Crippen molar-refractivity contribution in [1.29, 1.82) is 0 Å². The largest absolute Gasteiger partial charge is 0.497 e. The van der Waals surface area contributed by atoms with Crippen LogP contribution in [0.4, 0.5) is 5.69 Å². The van der Waals surface area contributed by atoms with Gasteiger partial charge in [-0.15, -0.1) is 0 Å². The molecule has 0 bridgehead atoms. The van der Waals surface area contributed by atoms with Crippen LogP contribution < -0.4 is 23.8 Å². The quantitative estimate of drug-likeness (QED) is 0.486. The van der Waals surface area contributed by atoms with Crippen molar-refractivity contribution in [1.82, 2.24) is 10.2 Å². The number of hydrogen-bond acceptors (Lipinski definition) is 7. The molecule has 2 amide bonds. The summed E-state index contributed by atoms with van der Waals surface area (Å²) in [5.74, 6) is 0.420. The molecule has 0 aromatic heterocycles. The first-order chi connectivity index (χ1) is 17.8. The highest BCUT2D eigenvalue weighted by atomic mass is 32.2. The van der Waals surface area contributed by atoms with E-state index in [-0.39, 0.29) is 23.9 Å². The second-order valence-corrected chi connectivity index (χ2v) is 12.2. The van der Waals surface area contributed by atoms with E-state index >= 15 is 0 Å². The summed E-state index contributed by atoms with van der Waals surface area (Å²) >= 11 is 0. The molecule has 0 aliphatic carbocycles. The molecule has 1 heterocycles. The number of nitrogens with zero attached hydrogens (tertiary/aromatic N) is 2. The number of rotatable bonds is 10. The number of sulfonamides is 1. The van der Waals surface area contributed by atoms with Crippen molar-refractivity contribution in [2.24, 2.45) is 0 Å². The molecule has 0 spiro atoms. The SMILES string of the molecule is CCS(=O)(=O)N(CC(=O)N(Cc1cccc(OC)c1)C(C)C(=O)NC(C)(C)C)c1ccc2c(c1)OCCO2. The standard InChI is InChI=1S/C27H37N3O7S/c1-7-38(33,34)30(21-11-12-23-24(16-21)37-14-13-36-23)18-25(31)29(19(2)26(32)28-27(3,4)5)17-20-9-8-10-22(15-20)35-6/h8-12,15-16,19H,7,13-14,17-18H2,1-6H3,(H,28,32). The van der Waals surface area contributed by atoms with Gasteiger partial charge < -0.3 is 24.4 Å². The normalized spacial score (nSPS) is 13.8. The highest BCUT2D eigenvalue weighted by molar-refractivity contribution is 7.92. The van der Waals surface area contributed by atoms with Gasteiger partial charge in [-0.25, -0.2) is 8.42 Å². The van der Waals surface area contributed by atoms with Crippen molar-refractivity contribution in [2.75, 3.05) is 36.9 Å². The third kappa shape index (κ3) is 7.31. The predicted molar refractivity (Wildman–Crippen MR) is 145 cm³/mol. The van der Waals surface area contributed by atoms with E-state index in [0.29, 0.717) is 30.5 Å². The average Bonchev–Trinajstić information content (AvgIpc) is 2.88. The Kier molecular flexibility index (Phi) is 9.14. The maximum absolute atomic E-state index is 13.8. The molecule has 1 aliphatic heterocycles. The van der Waals surface area contributed by atoms with Crippen LogP contribution in [0.5, 0.6) is 17.2 Å². The van der Waals surface area contributed by atoms with Crippen LogP contribution in [0.2, 0.25) is 0 Å². The van der Waals surface area contributed by atoms with Crippen molar-refractivity contribution >= 4 is 27.5 Å². The van der Waals surface area contributed by atoms with Gasteiger partial charge in [0.05, 0.1) is 18.6 Å². The summed E-state index contributed by atoms with van der Waals surface area (Å²) in [4.78, 5) is 28.3. The molecule has 208 valence electrons. The van der Waals surface area contributed by atoms with Crippen molar-refractivity contribution in [3.63, 3.8) is 0 Å².